The summed E-state index contributed by atoms with van der Waals surface area (Å²) in [5, 5.41) is 0. The third kappa shape index (κ3) is 34.3. The number of halogens is 2. The Kier molecular flexibility index (Phi) is 77.2. The van der Waals surface area contributed by atoms with E-state index in [9.17, 15) is 0 Å². The molecule has 6 heteroatoms. The minimum absolute atomic E-state index is 0. The average molecular weight is 556 g/mol. The van der Waals surface area contributed by atoms with Gasteiger partial charge in [-0.05, 0) is 28.1 Å². The quantitative estimate of drug-likeness (QED) is 0.294. The predicted octanol–water partition coefficient (Wildman–Crippen LogP) is -1.71. The van der Waals surface area contributed by atoms with Crippen molar-refractivity contribution < 1.29 is 51.0 Å². The van der Waals surface area contributed by atoms with E-state index in [1.54, 1.807) is 0 Å². The van der Waals surface area contributed by atoms with Gasteiger partial charge < -0.3 is 54.5 Å². The van der Waals surface area contributed by atoms with E-state index in [0.29, 0.717) is 0 Å². The van der Waals surface area contributed by atoms with Gasteiger partial charge in [-0.3, -0.25) is 0 Å². The number of unbranched alkanes of at least 4 members (excludes halogenated alkanes) is 2. The van der Waals surface area contributed by atoms with Crippen molar-refractivity contribution in [1.82, 2.24) is 0 Å². The number of aryl methyl sites for hydroxylation is 2. The molecule has 2 aromatic carbocycles. The Morgan fingerprint density at radius 1 is 0.750 bits per heavy atom. The molecule has 0 aromatic heterocycles. The molecule has 0 N–H and O–H groups in total. The first-order valence-electron chi connectivity index (χ1n) is 8.43. The molecule has 2 aromatic rings. The van der Waals surface area contributed by atoms with E-state index in [4.69, 9.17) is 0 Å². The van der Waals surface area contributed by atoms with Crippen LogP contribution in [0.4, 0.5) is 0 Å². The summed E-state index contributed by atoms with van der Waals surface area (Å²) in [6.45, 7) is 4.45. The van der Waals surface area contributed by atoms with Crippen molar-refractivity contribution in [3.05, 3.63) is 89.4 Å². The third-order valence-corrected chi connectivity index (χ3v) is 3.10. The zero-order valence-corrected chi connectivity index (χ0v) is 28.8. The molecule has 0 aliphatic rings. The van der Waals surface area contributed by atoms with Crippen LogP contribution in [0.1, 0.15) is 50.7 Å². The van der Waals surface area contributed by atoms with Gasteiger partial charge in [0.15, 0.2) is 0 Å². The molecule has 0 aliphatic carbocycles. The maximum Gasteiger partial charge on any atom is 3.00 e. The fourth-order valence-corrected chi connectivity index (χ4v) is 1.92. The van der Waals surface area contributed by atoms with Crippen molar-refractivity contribution in [3.8, 4) is 0 Å². The van der Waals surface area contributed by atoms with Gasteiger partial charge in [0, 0.05) is 0 Å². The SMILES string of the molecule is CCCCc1cc[cH-]c1.CCCCc1cc[cH-]c1.[CH3-].[CH3-].[CH3-].[CH3-].[Cl-].[Cl-].[SiH3][SiH][SiH3].[Zr+3]. The molecule has 0 heterocycles. The van der Waals surface area contributed by atoms with Crippen molar-refractivity contribution >= 4 is 28.1 Å². The first-order valence-corrected chi connectivity index (χ1v) is 17.7. The van der Waals surface area contributed by atoms with Crippen LogP contribution in [-0.2, 0) is 39.0 Å². The standard InChI is InChI=1S/2C9H13.4CH3.2ClH.H7Si3.Zr/c2*1-2-3-6-9-7-4-5-8-9;;;;;;;1-3-2;/h2*4-5,7-8H,2-3,6H2,1H3;4*1H3;2*1H;3H,1-2H3;/q6*-1;;;;+3/p-2. The van der Waals surface area contributed by atoms with Crippen LogP contribution < -0.4 is 24.8 Å². The normalized spacial score (nSPS) is 7.21. The van der Waals surface area contributed by atoms with E-state index < -0.39 is 0 Å². The summed E-state index contributed by atoms with van der Waals surface area (Å²) in [4.78, 5) is 0. The van der Waals surface area contributed by atoms with Gasteiger partial charge in [0.05, 0.1) is 0 Å². The van der Waals surface area contributed by atoms with Gasteiger partial charge in [0.1, 0.15) is 0 Å². The number of hydrogen-bond acceptors (Lipinski definition) is 0. The van der Waals surface area contributed by atoms with E-state index >= 15 is 0 Å². The summed E-state index contributed by atoms with van der Waals surface area (Å²) in [7, 11) is 4.06. The first kappa shape index (κ1) is 51.5. The van der Waals surface area contributed by atoms with E-state index in [2.05, 4.69) is 62.4 Å². The molecular formula is C22H45Cl2Si3Zr-5. The molecule has 0 spiro atoms. The molecule has 0 amide bonds. The molecular weight excluding hydrogens is 511 g/mol. The largest absolute Gasteiger partial charge is 3.00 e. The van der Waals surface area contributed by atoms with E-state index in [1.165, 1.54) is 69.2 Å². The van der Waals surface area contributed by atoms with Crippen molar-refractivity contribution in [2.75, 3.05) is 0 Å². The molecule has 0 bridgehead atoms. The molecule has 0 nitrogen and oxygen atoms in total. The summed E-state index contributed by atoms with van der Waals surface area (Å²) < 4.78 is 0. The maximum absolute atomic E-state index is 2.23. The third-order valence-electron chi connectivity index (χ3n) is 3.10. The zero-order chi connectivity index (χ0) is 15.8. The zero-order valence-electron chi connectivity index (χ0n) is 19.7. The van der Waals surface area contributed by atoms with Gasteiger partial charge in [-0.1, -0.05) is 52.4 Å². The monoisotopic (exact) mass is 553 g/mol. The second kappa shape index (κ2) is 42.0. The van der Waals surface area contributed by atoms with Crippen LogP contribution in [0.15, 0.2) is 48.5 Å². The van der Waals surface area contributed by atoms with Crippen LogP contribution in [0.2, 0.25) is 0 Å². The second-order valence-corrected chi connectivity index (χ2v) is 20.4. The molecule has 0 saturated heterocycles. The number of hydrogen-bond donors (Lipinski definition) is 0. The Labute approximate surface area is 219 Å². The topological polar surface area (TPSA) is 0 Å². The first-order chi connectivity index (χ1) is 10.3. The summed E-state index contributed by atoms with van der Waals surface area (Å²) in [6.07, 6.45) is 7.75. The van der Waals surface area contributed by atoms with Crippen molar-refractivity contribution in [2.24, 2.45) is 0 Å². The molecule has 28 heavy (non-hydrogen) atoms. The predicted molar refractivity (Wildman–Crippen MR) is 134 cm³/mol. The van der Waals surface area contributed by atoms with Gasteiger partial charge >= 0.3 is 26.2 Å². The second-order valence-electron chi connectivity index (χ2n) is 5.37. The average Bonchev–Trinajstić information content (AvgIpc) is 3.18. The van der Waals surface area contributed by atoms with E-state index in [0.717, 1.165) is 8.55 Å². The fraction of sp³-hybridized carbons (Fsp3) is 0.364. The molecule has 0 fully saturated rings. The Morgan fingerprint density at radius 2 is 1.04 bits per heavy atom. The van der Waals surface area contributed by atoms with Crippen LogP contribution in [0.3, 0.4) is 0 Å². The molecule has 0 saturated carbocycles. The van der Waals surface area contributed by atoms with Crippen LogP contribution in [-0.4, -0.2) is 28.1 Å². The summed E-state index contributed by atoms with van der Waals surface area (Å²) in [5.74, 6) is 0. The van der Waals surface area contributed by atoms with Crippen LogP contribution in [0.25, 0.3) is 0 Å². The summed E-state index contributed by atoms with van der Waals surface area (Å²) >= 11 is 0. The minimum atomic E-state index is 0. The Hall–Kier alpha value is 0.814. The summed E-state index contributed by atoms with van der Waals surface area (Å²) in [5.41, 5.74) is 2.97. The van der Waals surface area contributed by atoms with E-state index in [-0.39, 0.29) is 80.7 Å². The van der Waals surface area contributed by atoms with Gasteiger partial charge in [0.25, 0.3) is 0 Å². The van der Waals surface area contributed by atoms with Crippen molar-refractivity contribution in [3.63, 3.8) is 0 Å². The van der Waals surface area contributed by atoms with E-state index in [1.807, 2.05) is 0 Å². The van der Waals surface area contributed by atoms with Crippen LogP contribution >= 0.6 is 0 Å². The minimum Gasteiger partial charge on any atom is -1.00 e. The van der Waals surface area contributed by atoms with Crippen molar-refractivity contribution in [1.29, 1.82) is 0 Å². The van der Waals surface area contributed by atoms with Gasteiger partial charge in [-0.15, -0.1) is 0 Å². The molecule has 168 valence electrons. The Morgan fingerprint density at radius 3 is 1.21 bits per heavy atom. The molecule has 2 radical (unpaired) electrons. The molecule has 0 aliphatic heterocycles. The Bertz CT molecular complexity index is 356. The smallest absolute Gasteiger partial charge is 1.00 e. The fourth-order valence-electron chi connectivity index (χ4n) is 1.92. The number of rotatable bonds is 6. The summed E-state index contributed by atoms with van der Waals surface area (Å²) in [6, 6.07) is 17.2. The Balaban J connectivity index is -0.0000000342. The molecule has 0 atom stereocenters. The molecule has 0 unspecified atom stereocenters. The van der Waals surface area contributed by atoms with Crippen LogP contribution in [0.5, 0.6) is 0 Å². The maximum atomic E-state index is 2.23. The van der Waals surface area contributed by atoms with Gasteiger partial charge in [0.2, 0.25) is 0 Å². The van der Waals surface area contributed by atoms with Crippen LogP contribution in [0, 0.1) is 29.7 Å². The van der Waals surface area contributed by atoms with Gasteiger partial charge in [-0.2, -0.15) is 47.5 Å². The molecule has 2 rings (SSSR count). The van der Waals surface area contributed by atoms with Gasteiger partial charge in [-0.25, -0.2) is 12.1 Å². The van der Waals surface area contributed by atoms with Crippen molar-refractivity contribution in [2.45, 2.75) is 52.4 Å².